The molecule has 8 nitrogen and oxygen atoms in total. The van der Waals surface area contributed by atoms with Crippen LogP contribution in [0, 0.1) is 5.41 Å². The van der Waals surface area contributed by atoms with Gasteiger partial charge in [-0.2, -0.15) is 0 Å². The van der Waals surface area contributed by atoms with E-state index in [2.05, 4.69) is 37.4 Å². The summed E-state index contributed by atoms with van der Waals surface area (Å²) in [5.41, 5.74) is 1.78. The first-order valence-corrected chi connectivity index (χ1v) is 14.8. The topological polar surface area (TPSA) is 105 Å². The molecule has 232 valence electrons. The lowest BCUT2D eigenvalue weighted by Gasteiger charge is -2.33. The van der Waals surface area contributed by atoms with Gasteiger partial charge in [-0.25, -0.2) is 14.4 Å². The second kappa shape index (κ2) is 20.6. The smallest absolute Gasteiger partial charge is 0.344 e. The Morgan fingerprint density at radius 1 is 0.605 bits per heavy atom. The van der Waals surface area contributed by atoms with E-state index in [0.29, 0.717) is 32.1 Å². The molecule has 43 heavy (non-hydrogen) atoms. The van der Waals surface area contributed by atoms with Crippen molar-refractivity contribution in [3.05, 3.63) is 97.1 Å². The van der Waals surface area contributed by atoms with E-state index in [-0.39, 0.29) is 32.2 Å². The van der Waals surface area contributed by atoms with Crippen molar-refractivity contribution in [2.45, 2.75) is 64.2 Å². The molecular formula is C35H44O8. The van der Waals surface area contributed by atoms with Crippen molar-refractivity contribution in [2.24, 2.45) is 5.41 Å². The quantitative estimate of drug-likeness (QED) is 0.0697. The molecule has 0 aliphatic heterocycles. The number of esters is 4. The number of aryl methyl sites for hydroxylation is 2. The lowest BCUT2D eigenvalue weighted by molar-refractivity contribution is -0.162. The van der Waals surface area contributed by atoms with Gasteiger partial charge in [-0.3, -0.25) is 4.79 Å². The molecule has 0 atom stereocenters. The normalized spacial score (nSPS) is 10.8. The number of rotatable bonds is 22. The van der Waals surface area contributed by atoms with E-state index in [1.165, 1.54) is 11.1 Å². The maximum Gasteiger partial charge on any atom is 0.344 e. The van der Waals surface area contributed by atoms with Crippen molar-refractivity contribution < 1.29 is 38.1 Å². The first-order valence-electron chi connectivity index (χ1n) is 14.8. The van der Waals surface area contributed by atoms with E-state index in [0.717, 1.165) is 37.8 Å². The summed E-state index contributed by atoms with van der Waals surface area (Å²) < 4.78 is 21.2. The molecule has 8 heteroatoms. The largest absolute Gasteiger partial charge is 0.465 e. The van der Waals surface area contributed by atoms with E-state index in [1.807, 2.05) is 36.4 Å². The van der Waals surface area contributed by atoms with Gasteiger partial charge in [-0.05, 0) is 68.9 Å². The van der Waals surface area contributed by atoms with Crippen LogP contribution < -0.4 is 0 Å². The van der Waals surface area contributed by atoms with Crippen molar-refractivity contribution in [2.75, 3.05) is 26.4 Å². The second-order valence-electron chi connectivity index (χ2n) is 10.5. The lowest BCUT2D eigenvalue weighted by Crippen LogP contribution is -2.35. The Balaban J connectivity index is 2.05. The fraction of sp³-hybridized carbons (Fsp3) is 0.429. The molecule has 2 aromatic carbocycles. The summed E-state index contributed by atoms with van der Waals surface area (Å²) in [7, 11) is 0. The zero-order valence-corrected chi connectivity index (χ0v) is 25.0. The van der Waals surface area contributed by atoms with Crippen molar-refractivity contribution in [3.8, 4) is 0 Å². The summed E-state index contributed by atoms with van der Waals surface area (Å²) in [6.07, 6.45) is 8.89. The maximum atomic E-state index is 12.7. The number of carbonyl (C=O) groups is 4. The van der Waals surface area contributed by atoms with Gasteiger partial charge < -0.3 is 18.9 Å². The van der Waals surface area contributed by atoms with Crippen LogP contribution in [0.5, 0.6) is 0 Å². The Morgan fingerprint density at radius 2 is 1.12 bits per heavy atom. The SMILES string of the molecule is C=CC(=O)OCCCCCC(=O)OCC(CCCc1ccccc1)(CCCc1ccccc1)COC(=O)COC(=O)C=C. The molecule has 0 spiro atoms. The highest BCUT2D eigenvalue weighted by Crippen LogP contribution is 2.33. The average molecular weight is 593 g/mol. The lowest BCUT2D eigenvalue weighted by atomic mass is 9.78. The molecule has 0 aliphatic rings. The van der Waals surface area contributed by atoms with Crippen LogP contribution in [0.4, 0.5) is 0 Å². The van der Waals surface area contributed by atoms with Gasteiger partial charge in [-0.1, -0.05) is 73.8 Å². The number of carbonyl (C=O) groups excluding carboxylic acids is 4. The third-order valence-corrected chi connectivity index (χ3v) is 7.04. The van der Waals surface area contributed by atoms with Gasteiger partial charge >= 0.3 is 23.9 Å². The molecular weight excluding hydrogens is 548 g/mol. The van der Waals surface area contributed by atoms with Crippen molar-refractivity contribution in [3.63, 3.8) is 0 Å². The van der Waals surface area contributed by atoms with E-state index in [4.69, 9.17) is 18.9 Å². The highest BCUT2D eigenvalue weighted by molar-refractivity contribution is 5.83. The van der Waals surface area contributed by atoms with E-state index in [9.17, 15) is 19.2 Å². The Hall–Kier alpha value is -4.20. The minimum Gasteiger partial charge on any atom is -0.465 e. The molecule has 0 radical (unpaired) electrons. The van der Waals surface area contributed by atoms with Crippen LogP contribution in [0.15, 0.2) is 86.0 Å². The number of benzene rings is 2. The Morgan fingerprint density at radius 3 is 1.65 bits per heavy atom. The summed E-state index contributed by atoms with van der Waals surface area (Å²) in [6, 6.07) is 20.2. The Bertz CT molecular complexity index is 1100. The molecule has 0 N–H and O–H groups in total. The number of unbranched alkanes of at least 4 members (excludes halogenated alkanes) is 2. The highest BCUT2D eigenvalue weighted by atomic mass is 16.6. The molecule has 0 heterocycles. The number of hydrogen-bond acceptors (Lipinski definition) is 8. The molecule has 0 unspecified atom stereocenters. The first-order chi connectivity index (χ1) is 20.9. The minimum absolute atomic E-state index is 0.0308. The van der Waals surface area contributed by atoms with Crippen LogP contribution in [0.2, 0.25) is 0 Å². The van der Waals surface area contributed by atoms with E-state index >= 15 is 0 Å². The molecule has 0 amide bonds. The van der Waals surface area contributed by atoms with Crippen LogP contribution in [0.25, 0.3) is 0 Å². The third-order valence-electron chi connectivity index (χ3n) is 7.04. The van der Waals surface area contributed by atoms with Gasteiger partial charge in [0, 0.05) is 24.0 Å². The van der Waals surface area contributed by atoms with Crippen LogP contribution in [0.3, 0.4) is 0 Å². The number of ether oxygens (including phenoxy) is 4. The van der Waals surface area contributed by atoms with Gasteiger partial charge in [0.2, 0.25) is 0 Å². The molecule has 0 bridgehead atoms. The summed E-state index contributed by atoms with van der Waals surface area (Å²) in [5, 5.41) is 0. The second-order valence-corrected chi connectivity index (χ2v) is 10.5. The molecule has 2 rings (SSSR count). The minimum atomic E-state index is -0.707. The standard InChI is InChI=1S/C35H44O8/c1-3-31(36)40-25-13-7-12-22-33(38)42-27-35(23-14-20-29-16-8-5-9-17-29,24-15-21-30-18-10-6-11-19-30)28-43-34(39)26-41-32(37)4-2/h3-6,8-11,16-19H,1-2,7,12-15,20-28H2. The van der Waals surface area contributed by atoms with Gasteiger partial charge in [0.15, 0.2) is 6.61 Å². The van der Waals surface area contributed by atoms with Crippen LogP contribution >= 0.6 is 0 Å². The van der Waals surface area contributed by atoms with Gasteiger partial charge in [-0.15, -0.1) is 0 Å². The molecule has 0 aliphatic carbocycles. The first kappa shape index (κ1) is 35.0. The van der Waals surface area contributed by atoms with E-state index < -0.39 is 29.9 Å². The predicted octanol–water partition coefficient (Wildman–Crippen LogP) is 6.12. The van der Waals surface area contributed by atoms with Crippen LogP contribution in [-0.2, 0) is 51.0 Å². The monoisotopic (exact) mass is 592 g/mol. The summed E-state index contributed by atoms with van der Waals surface area (Å²) in [5.74, 6) is -2.17. The Labute approximate surface area is 255 Å². The fourth-order valence-electron chi connectivity index (χ4n) is 4.63. The maximum absolute atomic E-state index is 12.7. The molecule has 0 fully saturated rings. The predicted molar refractivity (Wildman–Crippen MR) is 164 cm³/mol. The summed E-state index contributed by atoms with van der Waals surface area (Å²) in [4.78, 5) is 47.7. The van der Waals surface area contributed by atoms with Crippen molar-refractivity contribution >= 4 is 23.9 Å². The summed E-state index contributed by atoms with van der Waals surface area (Å²) >= 11 is 0. The van der Waals surface area contributed by atoms with Crippen molar-refractivity contribution in [1.29, 1.82) is 0 Å². The molecule has 0 saturated carbocycles. The zero-order valence-electron chi connectivity index (χ0n) is 25.0. The number of hydrogen-bond donors (Lipinski definition) is 0. The Kier molecular flexibility index (Phi) is 16.8. The van der Waals surface area contributed by atoms with Crippen LogP contribution in [-0.4, -0.2) is 50.3 Å². The average Bonchev–Trinajstić information content (AvgIpc) is 3.03. The van der Waals surface area contributed by atoms with Crippen LogP contribution in [0.1, 0.15) is 62.5 Å². The molecule has 2 aromatic rings. The highest BCUT2D eigenvalue weighted by Gasteiger charge is 2.33. The molecule has 0 saturated heterocycles. The van der Waals surface area contributed by atoms with Crippen molar-refractivity contribution in [1.82, 2.24) is 0 Å². The summed E-state index contributed by atoms with van der Waals surface area (Å²) in [6.45, 7) is 6.59. The van der Waals surface area contributed by atoms with Gasteiger partial charge in [0.25, 0.3) is 0 Å². The molecule has 0 aromatic heterocycles. The third kappa shape index (κ3) is 15.6. The van der Waals surface area contributed by atoms with Gasteiger partial charge in [0.05, 0.1) is 6.61 Å². The van der Waals surface area contributed by atoms with Gasteiger partial charge in [0.1, 0.15) is 13.2 Å². The fourth-order valence-corrected chi connectivity index (χ4v) is 4.63. The van der Waals surface area contributed by atoms with E-state index in [1.54, 1.807) is 0 Å². The zero-order chi connectivity index (χ0) is 31.2.